The summed E-state index contributed by atoms with van der Waals surface area (Å²) in [5, 5.41) is -0.177. The molecule has 0 atom stereocenters. The number of sulfonamides is 1. The predicted octanol–water partition coefficient (Wildman–Crippen LogP) is 2.06. The molecule has 1 aromatic rings. The summed E-state index contributed by atoms with van der Waals surface area (Å²) in [4.78, 5) is 3.48. The van der Waals surface area contributed by atoms with Gasteiger partial charge in [-0.1, -0.05) is 11.6 Å². The van der Waals surface area contributed by atoms with E-state index in [4.69, 9.17) is 11.6 Å². The van der Waals surface area contributed by atoms with Gasteiger partial charge in [0.25, 0.3) is 6.43 Å². The third kappa shape index (κ3) is 5.65. The van der Waals surface area contributed by atoms with Crippen LogP contribution in [0.15, 0.2) is 21.6 Å². The summed E-state index contributed by atoms with van der Waals surface area (Å²) in [6.07, 6.45) is -1.23. The molecule has 0 aliphatic heterocycles. The molecule has 0 radical (unpaired) electrons. The van der Waals surface area contributed by atoms with Crippen LogP contribution in [0.25, 0.3) is 0 Å². The number of halogens is 4. The molecule has 0 aliphatic rings. The molecule has 1 rings (SSSR count). The van der Waals surface area contributed by atoms with Crippen LogP contribution in [0.1, 0.15) is 0 Å². The molecule has 0 spiro atoms. The normalized spacial score (nSPS) is 12.1. The maximum atomic E-state index is 11.8. The number of aromatic nitrogens is 1. The fraction of sp³-hybridized carbons (Fsp3) is 0.444. The first-order chi connectivity index (χ1) is 8.83. The van der Waals surface area contributed by atoms with Gasteiger partial charge in [0.2, 0.25) is 10.0 Å². The SMILES string of the molecule is O=S(=O)(NCCOCC(F)F)c1cc(Br)cnc1Cl. The summed E-state index contributed by atoms with van der Waals surface area (Å²) in [7, 11) is -3.86. The molecule has 0 fully saturated rings. The minimum atomic E-state index is -3.86. The number of rotatable bonds is 7. The summed E-state index contributed by atoms with van der Waals surface area (Å²) in [6, 6.07) is 1.29. The van der Waals surface area contributed by atoms with E-state index in [1.165, 1.54) is 12.3 Å². The van der Waals surface area contributed by atoms with Crippen LogP contribution in [0.2, 0.25) is 5.15 Å². The molecule has 10 heteroatoms. The lowest BCUT2D eigenvalue weighted by Gasteiger charge is -2.08. The molecule has 1 heterocycles. The van der Waals surface area contributed by atoms with Gasteiger partial charge in [0.05, 0.1) is 6.61 Å². The smallest absolute Gasteiger partial charge is 0.261 e. The lowest BCUT2D eigenvalue weighted by Crippen LogP contribution is -2.28. The van der Waals surface area contributed by atoms with Crippen LogP contribution >= 0.6 is 27.5 Å². The van der Waals surface area contributed by atoms with E-state index in [9.17, 15) is 17.2 Å². The van der Waals surface area contributed by atoms with Crippen LogP contribution in [-0.2, 0) is 14.8 Å². The van der Waals surface area contributed by atoms with E-state index in [2.05, 4.69) is 30.4 Å². The van der Waals surface area contributed by atoms with Crippen LogP contribution in [0.3, 0.4) is 0 Å². The van der Waals surface area contributed by atoms with Gasteiger partial charge in [-0.25, -0.2) is 26.9 Å². The van der Waals surface area contributed by atoms with Gasteiger partial charge in [0.15, 0.2) is 0 Å². The molecular weight excluding hydrogens is 370 g/mol. The van der Waals surface area contributed by atoms with Crippen LogP contribution < -0.4 is 4.72 Å². The molecule has 1 N–H and O–H groups in total. The summed E-state index contributed by atoms with van der Waals surface area (Å²) in [6.45, 7) is -1.04. The Morgan fingerprint density at radius 1 is 1.53 bits per heavy atom. The average Bonchev–Trinajstić information content (AvgIpc) is 2.31. The van der Waals surface area contributed by atoms with Crippen LogP contribution in [0.5, 0.6) is 0 Å². The second kappa shape index (κ2) is 7.44. The number of alkyl halides is 2. The lowest BCUT2D eigenvalue weighted by atomic mass is 10.5. The molecular formula is C9H10BrClF2N2O3S. The molecule has 0 unspecified atom stereocenters. The number of hydrogen-bond acceptors (Lipinski definition) is 4. The monoisotopic (exact) mass is 378 g/mol. The number of pyridine rings is 1. The Labute approximate surface area is 122 Å². The van der Waals surface area contributed by atoms with E-state index < -0.39 is 23.1 Å². The molecule has 0 aromatic carbocycles. The molecule has 108 valence electrons. The van der Waals surface area contributed by atoms with Crippen LogP contribution in [0.4, 0.5) is 8.78 Å². The molecule has 0 aliphatic carbocycles. The highest BCUT2D eigenvalue weighted by Crippen LogP contribution is 2.22. The largest absolute Gasteiger partial charge is 0.374 e. The Balaban J connectivity index is 2.59. The fourth-order valence-electron chi connectivity index (χ4n) is 1.09. The molecule has 0 bridgehead atoms. The minimum Gasteiger partial charge on any atom is -0.374 e. The standard InChI is InChI=1S/C9H10BrClF2N2O3S/c10-6-3-7(9(11)14-4-6)19(16,17)15-1-2-18-5-8(12)13/h3-4,8,15H,1-2,5H2. The highest BCUT2D eigenvalue weighted by atomic mass is 79.9. The molecule has 0 saturated carbocycles. The van der Waals surface area contributed by atoms with Crippen molar-refractivity contribution in [2.75, 3.05) is 19.8 Å². The zero-order chi connectivity index (χ0) is 14.5. The summed E-state index contributed by atoms with van der Waals surface area (Å²) in [5.41, 5.74) is 0. The van der Waals surface area contributed by atoms with Crippen molar-refractivity contribution in [2.24, 2.45) is 0 Å². The first-order valence-electron chi connectivity index (χ1n) is 4.99. The number of ether oxygens (including phenoxy) is 1. The van der Waals surface area contributed by atoms with Crippen molar-refractivity contribution in [1.29, 1.82) is 0 Å². The lowest BCUT2D eigenvalue weighted by molar-refractivity contribution is 0.0199. The minimum absolute atomic E-state index is 0.141. The van der Waals surface area contributed by atoms with Gasteiger partial charge in [-0.3, -0.25) is 0 Å². The van der Waals surface area contributed by atoms with Crippen molar-refractivity contribution in [2.45, 2.75) is 11.3 Å². The number of nitrogens with one attached hydrogen (secondary N) is 1. The van der Waals surface area contributed by atoms with Gasteiger partial charge in [0, 0.05) is 17.2 Å². The Morgan fingerprint density at radius 2 is 2.21 bits per heavy atom. The molecule has 19 heavy (non-hydrogen) atoms. The second-order valence-corrected chi connectivity index (χ2v) is 6.32. The zero-order valence-electron chi connectivity index (χ0n) is 9.45. The van der Waals surface area contributed by atoms with Gasteiger partial charge < -0.3 is 4.74 Å². The van der Waals surface area contributed by atoms with Gasteiger partial charge in [-0.2, -0.15) is 0 Å². The van der Waals surface area contributed by atoms with Crippen molar-refractivity contribution in [3.8, 4) is 0 Å². The summed E-state index contributed by atoms with van der Waals surface area (Å²) >= 11 is 8.76. The van der Waals surface area contributed by atoms with Crippen LogP contribution in [-0.4, -0.2) is 39.6 Å². The van der Waals surface area contributed by atoms with E-state index in [1.807, 2.05) is 0 Å². The van der Waals surface area contributed by atoms with Gasteiger partial charge in [0.1, 0.15) is 16.7 Å². The first-order valence-corrected chi connectivity index (χ1v) is 7.65. The van der Waals surface area contributed by atoms with E-state index in [0.29, 0.717) is 4.47 Å². The highest BCUT2D eigenvalue weighted by Gasteiger charge is 2.18. The van der Waals surface area contributed by atoms with E-state index in [1.54, 1.807) is 0 Å². The molecule has 5 nitrogen and oxygen atoms in total. The molecule has 1 aromatic heterocycles. The van der Waals surface area contributed by atoms with Crippen molar-refractivity contribution >= 4 is 37.6 Å². The molecule has 0 amide bonds. The van der Waals surface area contributed by atoms with Gasteiger partial charge in [-0.15, -0.1) is 0 Å². The topological polar surface area (TPSA) is 68.3 Å². The van der Waals surface area contributed by atoms with Crippen molar-refractivity contribution in [3.05, 3.63) is 21.9 Å². The quantitative estimate of drug-likeness (QED) is 0.582. The maximum absolute atomic E-state index is 11.8. The van der Waals surface area contributed by atoms with E-state index >= 15 is 0 Å². The first kappa shape index (κ1) is 16.7. The third-order valence-corrected chi connectivity index (χ3v) is 4.17. The molecule has 0 saturated heterocycles. The van der Waals surface area contributed by atoms with Crippen molar-refractivity contribution < 1.29 is 21.9 Å². The average molecular weight is 380 g/mol. The third-order valence-electron chi connectivity index (χ3n) is 1.85. The Morgan fingerprint density at radius 3 is 2.84 bits per heavy atom. The van der Waals surface area contributed by atoms with Crippen molar-refractivity contribution in [1.82, 2.24) is 9.71 Å². The Bertz CT molecular complexity index is 530. The zero-order valence-corrected chi connectivity index (χ0v) is 12.6. The van der Waals surface area contributed by atoms with Gasteiger partial charge >= 0.3 is 0 Å². The predicted molar refractivity (Wildman–Crippen MR) is 69.0 cm³/mol. The number of nitrogens with zero attached hydrogens (tertiary/aromatic N) is 1. The van der Waals surface area contributed by atoms with Crippen molar-refractivity contribution in [3.63, 3.8) is 0 Å². The highest BCUT2D eigenvalue weighted by molar-refractivity contribution is 9.10. The van der Waals surface area contributed by atoms with Crippen LogP contribution in [0, 0.1) is 0 Å². The maximum Gasteiger partial charge on any atom is 0.261 e. The Hall–Kier alpha value is -0.350. The summed E-state index contributed by atoms with van der Waals surface area (Å²) < 4.78 is 54.4. The summed E-state index contributed by atoms with van der Waals surface area (Å²) in [5.74, 6) is 0. The fourth-order valence-corrected chi connectivity index (χ4v) is 3.05. The van der Waals surface area contributed by atoms with E-state index in [-0.39, 0.29) is 23.2 Å². The van der Waals surface area contributed by atoms with Gasteiger partial charge in [-0.05, 0) is 22.0 Å². The number of hydrogen-bond donors (Lipinski definition) is 1. The second-order valence-electron chi connectivity index (χ2n) is 3.31. The Kier molecular flexibility index (Phi) is 6.54. The van der Waals surface area contributed by atoms with E-state index in [0.717, 1.165) is 0 Å².